The van der Waals surface area contributed by atoms with E-state index in [4.69, 9.17) is 5.73 Å². The summed E-state index contributed by atoms with van der Waals surface area (Å²) < 4.78 is 0. The zero-order valence-electron chi connectivity index (χ0n) is 13.0. The number of piperidine rings is 1. The van der Waals surface area contributed by atoms with E-state index in [0.717, 1.165) is 25.9 Å². The molecule has 19 heavy (non-hydrogen) atoms. The van der Waals surface area contributed by atoms with Gasteiger partial charge in [-0.15, -0.1) is 0 Å². The van der Waals surface area contributed by atoms with E-state index in [1.54, 1.807) is 0 Å². The van der Waals surface area contributed by atoms with Gasteiger partial charge in [0, 0.05) is 18.6 Å². The molecule has 0 aliphatic carbocycles. The van der Waals surface area contributed by atoms with Crippen molar-refractivity contribution in [1.29, 1.82) is 0 Å². The van der Waals surface area contributed by atoms with Crippen molar-refractivity contribution >= 4 is 5.91 Å². The van der Waals surface area contributed by atoms with Gasteiger partial charge in [-0.25, -0.2) is 0 Å². The van der Waals surface area contributed by atoms with Gasteiger partial charge >= 0.3 is 0 Å². The number of hydrogen-bond acceptors (Lipinski definition) is 3. The molecule has 1 amide bonds. The third-order valence-electron chi connectivity index (χ3n) is 4.56. The highest BCUT2D eigenvalue weighted by molar-refractivity contribution is 5.84. The van der Waals surface area contributed by atoms with Crippen LogP contribution >= 0.6 is 0 Å². The predicted molar refractivity (Wildman–Crippen MR) is 80.0 cm³/mol. The van der Waals surface area contributed by atoms with Crippen LogP contribution in [0.15, 0.2) is 0 Å². The summed E-state index contributed by atoms with van der Waals surface area (Å²) in [7, 11) is 0. The molecule has 0 bridgehead atoms. The average molecular weight is 269 g/mol. The largest absolute Gasteiger partial charge is 0.368 e. The number of amides is 1. The molecule has 0 aromatic rings. The van der Waals surface area contributed by atoms with Crippen molar-refractivity contribution in [3.05, 3.63) is 0 Å². The summed E-state index contributed by atoms with van der Waals surface area (Å²) in [5.74, 6) is -0.238. The molecular weight excluding hydrogens is 238 g/mol. The van der Waals surface area contributed by atoms with Crippen molar-refractivity contribution in [2.24, 2.45) is 5.73 Å². The third kappa shape index (κ3) is 4.46. The zero-order chi connectivity index (χ0) is 14.5. The number of carbonyl (C=O) groups is 1. The molecule has 1 heterocycles. The number of rotatable bonds is 7. The summed E-state index contributed by atoms with van der Waals surface area (Å²) in [6.07, 6.45) is 5.65. The fraction of sp³-hybridized carbons (Fsp3) is 0.933. The van der Waals surface area contributed by atoms with Crippen LogP contribution < -0.4 is 11.1 Å². The fourth-order valence-electron chi connectivity index (χ4n) is 2.97. The van der Waals surface area contributed by atoms with E-state index < -0.39 is 5.54 Å². The first-order chi connectivity index (χ1) is 8.90. The van der Waals surface area contributed by atoms with E-state index in [1.165, 1.54) is 19.3 Å². The van der Waals surface area contributed by atoms with E-state index in [1.807, 2.05) is 6.92 Å². The highest BCUT2D eigenvalue weighted by atomic mass is 16.1. The molecule has 1 rings (SSSR count). The molecule has 4 nitrogen and oxygen atoms in total. The van der Waals surface area contributed by atoms with E-state index in [0.29, 0.717) is 12.1 Å². The molecule has 1 aliphatic heterocycles. The van der Waals surface area contributed by atoms with Gasteiger partial charge in [-0.2, -0.15) is 0 Å². The third-order valence-corrected chi connectivity index (χ3v) is 4.56. The molecule has 3 atom stereocenters. The number of primary amides is 1. The second-order valence-corrected chi connectivity index (χ2v) is 6.24. The monoisotopic (exact) mass is 269 g/mol. The maximum absolute atomic E-state index is 11.7. The van der Waals surface area contributed by atoms with Crippen molar-refractivity contribution in [2.75, 3.05) is 13.1 Å². The van der Waals surface area contributed by atoms with Crippen molar-refractivity contribution in [2.45, 2.75) is 77.4 Å². The summed E-state index contributed by atoms with van der Waals surface area (Å²) in [4.78, 5) is 14.2. The highest BCUT2D eigenvalue weighted by Crippen LogP contribution is 2.24. The predicted octanol–water partition coefficient (Wildman–Crippen LogP) is 1.88. The molecule has 112 valence electrons. The Bertz CT molecular complexity index is 285. The maximum atomic E-state index is 11.7. The number of nitrogens with zero attached hydrogens (tertiary/aromatic N) is 1. The molecule has 3 N–H and O–H groups in total. The van der Waals surface area contributed by atoms with Gasteiger partial charge in [0.25, 0.3) is 0 Å². The van der Waals surface area contributed by atoms with Crippen LogP contribution in [0.5, 0.6) is 0 Å². The van der Waals surface area contributed by atoms with E-state index in [9.17, 15) is 4.79 Å². The minimum absolute atomic E-state index is 0.238. The van der Waals surface area contributed by atoms with Gasteiger partial charge in [-0.05, 0) is 53.0 Å². The minimum Gasteiger partial charge on any atom is -0.368 e. The molecule has 0 saturated carbocycles. The van der Waals surface area contributed by atoms with Gasteiger partial charge in [0.1, 0.15) is 0 Å². The Morgan fingerprint density at radius 3 is 2.42 bits per heavy atom. The van der Waals surface area contributed by atoms with Crippen LogP contribution in [0.4, 0.5) is 0 Å². The number of nitrogens with one attached hydrogen (secondary N) is 1. The van der Waals surface area contributed by atoms with Crippen LogP contribution in [0.2, 0.25) is 0 Å². The van der Waals surface area contributed by atoms with Crippen LogP contribution in [0, 0.1) is 0 Å². The lowest BCUT2D eigenvalue weighted by Crippen LogP contribution is -2.56. The van der Waals surface area contributed by atoms with Gasteiger partial charge in [0.2, 0.25) is 5.91 Å². The molecular formula is C15H31N3O. The molecule has 1 saturated heterocycles. The Morgan fingerprint density at radius 1 is 1.37 bits per heavy atom. The first-order valence-electron chi connectivity index (χ1n) is 7.71. The Hall–Kier alpha value is -0.610. The summed E-state index contributed by atoms with van der Waals surface area (Å²) in [5, 5.41) is 3.31. The summed E-state index contributed by atoms with van der Waals surface area (Å²) in [6.45, 7) is 10.4. The van der Waals surface area contributed by atoms with Crippen molar-refractivity contribution in [1.82, 2.24) is 10.2 Å². The quantitative estimate of drug-likeness (QED) is 0.742. The molecule has 0 aromatic carbocycles. The normalized spacial score (nSPS) is 28.0. The van der Waals surface area contributed by atoms with Crippen LogP contribution in [0.1, 0.15) is 59.8 Å². The Labute approximate surface area is 118 Å². The molecule has 1 aliphatic rings. The number of hydrogen-bond donors (Lipinski definition) is 2. The van der Waals surface area contributed by atoms with Crippen LogP contribution in [-0.4, -0.2) is 41.5 Å². The van der Waals surface area contributed by atoms with Crippen LogP contribution in [0.25, 0.3) is 0 Å². The van der Waals surface area contributed by atoms with Crippen LogP contribution in [0.3, 0.4) is 0 Å². The topological polar surface area (TPSA) is 58.4 Å². The average Bonchev–Trinajstić information content (AvgIpc) is 2.35. The smallest absolute Gasteiger partial charge is 0.237 e. The second-order valence-electron chi connectivity index (χ2n) is 6.24. The number of carbonyl (C=O) groups excluding carboxylic acids is 1. The number of nitrogens with two attached hydrogens (primary N) is 1. The molecule has 1 fully saturated rings. The van der Waals surface area contributed by atoms with Gasteiger partial charge in [0.05, 0.1) is 5.54 Å². The van der Waals surface area contributed by atoms with E-state index in [-0.39, 0.29) is 5.91 Å². The van der Waals surface area contributed by atoms with Crippen LogP contribution in [-0.2, 0) is 4.79 Å². The fourth-order valence-corrected chi connectivity index (χ4v) is 2.97. The SMILES string of the molecule is CCCNC(C)(CCN1[C@H](C)CCC[C@@H]1C)C(N)=O. The summed E-state index contributed by atoms with van der Waals surface area (Å²) >= 11 is 0. The molecule has 0 aromatic heterocycles. The lowest BCUT2D eigenvalue weighted by Gasteiger charge is -2.41. The second kappa shape index (κ2) is 7.25. The first kappa shape index (κ1) is 16.4. The van der Waals surface area contributed by atoms with E-state index >= 15 is 0 Å². The highest BCUT2D eigenvalue weighted by Gasteiger charge is 2.32. The Kier molecular flexibility index (Phi) is 6.27. The van der Waals surface area contributed by atoms with Gasteiger partial charge in [0.15, 0.2) is 0 Å². The first-order valence-corrected chi connectivity index (χ1v) is 7.71. The molecule has 0 radical (unpaired) electrons. The van der Waals surface area contributed by atoms with Crippen molar-refractivity contribution in [3.63, 3.8) is 0 Å². The standard InChI is InChI=1S/C15H31N3O/c1-5-10-17-15(4,14(16)19)9-11-18-12(2)7-6-8-13(18)3/h12-13,17H,5-11H2,1-4H3,(H2,16,19)/t12-,13+,15?. The molecule has 0 spiro atoms. The maximum Gasteiger partial charge on any atom is 0.237 e. The Morgan fingerprint density at radius 2 is 1.95 bits per heavy atom. The summed E-state index contributed by atoms with van der Waals surface area (Å²) in [5.41, 5.74) is 5.00. The van der Waals surface area contributed by atoms with E-state index in [2.05, 4.69) is 31.0 Å². The number of likely N-dealkylation sites (tertiary alicyclic amines) is 1. The lowest BCUT2D eigenvalue weighted by atomic mass is 9.92. The summed E-state index contributed by atoms with van der Waals surface area (Å²) in [6, 6.07) is 1.24. The van der Waals surface area contributed by atoms with Gasteiger partial charge in [-0.3, -0.25) is 9.69 Å². The van der Waals surface area contributed by atoms with Crippen molar-refractivity contribution in [3.8, 4) is 0 Å². The Balaban J connectivity index is 2.57. The zero-order valence-corrected chi connectivity index (χ0v) is 13.0. The molecule has 1 unspecified atom stereocenters. The van der Waals surface area contributed by atoms with Crippen molar-refractivity contribution < 1.29 is 4.79 Å². The lowest BCUT2D eigenvalue weighted by molar-refractivity contribution is -0.124. The minimum atomic E-state index is -0.576. The molecule has 4 heteroatoms. The van der Waals surface area contributed by atoms with Gasteiger partial charge in [-0.1, -0.05) is 13.3 Å². The van der Waals surface area contributed by atoms with Gasteiger partial charge < -0.3 is 11.1 Å².